The van der Waals surface area contributed by atoms with Gasteiger partial charge in [0, 0.05) is 6.54 Å². The van der Waals surface area contributed by atoms with Crippen molar-refractivity contribution in [1.29, 1.82) is 5.41 Å². The summed E-state index contributed by atoms with van der Waals surface area (Å²) < 4.78 is 0. The van der Waals surface area contributed by atoms with E-state index in [0.29, 0.717) is 6.54 Å². The largest absolute Gasteiger partial charge is 0.370 e. The zero-order valence-corrected chi connectivity index (χ0v) is 8.66. The lowest BCUT2D eigenvalue weighted by Gasteiger charge is -2.15. The maximum atomic E-state index is 7.36. The minimum atomic E-state index is -0.140. The Hall–Kier alpha value is -1.30. The van der Waals surface area contributed by atoms with Gasteiger partial charge in [0.15, 0.2) is 5.96 Å². The Labute approximate surface area is 84.6 Å². The van der Waals surface area contributed by atoms with Gasteiger partial charge in [-0.15, -0.1) is 0 Å². The van der Waals surface area contributed by atoms with Crippen LogP contribution in [-0.2, 0) is 0 Å². The summed E-state index contributed by atoms with van der Waals surface area (Å²) in [5.74, 6) is 5.30. The zero-order valence-electron chi connectivity index (χ0n) is 8.66. The van der Waals surface area contributed by atoms with E-state index in [4.69, 9.17) is 22.7 Å². The number of nitrogens with zero attached hydrogens (tertiary/aromatic N) is 2. The van der Waals surface area contributed by atoms with E-state index in [2.05, 4.69) is 11.9 Å². The molecular weight excluding hydrogens is 180 g/mol. The molecule has 0 atom stereocenters. The molecule has 0 spiro atoms. The van der Waals surface area contributed by atoms with Crippen molar-refractivity contribution in [3.8, 4) is 0 Å². The number of nitrogens with two attached hydrogens (primary N) is 3. The third-order valence-corrected chi connectivity index (χ3v) is 1.76. The third-order valence-electron chi connectivity index (χ3n) is 1.76. The van der Waals surface area contributed by atoms with Crippen molar-refractivity contribution in [2.75, 3.05) is 6.54 Å². The van der Waals surface area contributed by atoms with Crippen molar-refractivity contribution in [2.24, 2.45) is 22.3 Å². The summed E-state index contributed by atoms with van der Waals surface area (Å²) in [6.07, 6.45) is 4.42. The quantitative estimate of drug-likeness (QED) is 0.164. The van der Waals surface area contributed by atoms with Crippen molar-refractivity contribution in [3.05, 3.63) is 0 Å². The molecule has 6 nitrogen and oxygen atoms in total. The fourth-order valence-corrected chi connectivity index (χ4v) is 1.00. The van der Waals surface area contributed by atoms with Crippen molar-refractivity contribution in [2.45, 2.75) is 32.6 Å². The summed E-state index contributed by atoms with van der Waals surface area (Å²) in [6.45, 7) is 2.75. The number of guanidine groups is 2. The molecule has 0 unspecified atom stereocenters. The number of aliphatic imine (C=N–C) groups is 1. The van der Waals surface area contributed by atoms with Crippen LogP contribution in [0.4, 0.5) is 0 Å². The van der Waals surface area contributed by atoms with Crippen LogP contribution in [0.15, 0.2) is 4.99 Å². The van der Waals surface area contributed by atoms with Gasteiger partial charge in [0.05, 0.1) is 0 Å². The van der Waals surface area contributed by atoms with Gasteiger partial charge in [0.2, 0.25) is 5.96 Å². The number of hydrazine groups is 1. The molecule has 0 fully saturated rings. The summed E-state index contributed by atoms with van der Waals surface area (Å²) in [5, 5.41) is 8.60. The first-order chi connectivity index (χ1) is 6.57. The normalized spacial score (nSPS) is 9.57. The van der Waals surface area contributed by atoms with Gasteiger partial charge in [-0.2, -0.15) is 4.99 Å². The highest BCUT2D eigenvalue weighted by molar-refractivity contribution is 5.91. The van der Waals surface area contributed by atoms with Crippen LogP contribution in [0.5, 0.6) is 0 Å². The summed E-state index contributed by atoms with van der Waals surface area (Å²) in [4.78, 5) is 3.53. The van der Waals surface area contributed by atoms with Crippen LogP contribution in [0.2, 0.25) is 0 Å². The molecule has 0 aromatic rings. The first kappa shape index (κ1) is 12.7. The van der Waals surface area contributed by atoms with Crippen LogP contribution >= 0.6 is 0 Å². The SMILES string of the molecule is CCCCCCN(N)C(=N)N=C(N)N. The molecule has 0 aliphatic carbocycles. The molecule has 0 saturated heterocycles. The van der Waals surface area contributed by atoms with E-state index in [9.17, 15) is 0 Å². The first-order valence-electron chi connectivity index (χ1n) is 4.78. The summed E-state index contributed by atoms with van der Waals surface area (Å²) in [6, 6.07) is 0. The molecule has 7 N–H and O–H groups in total. The molecule has 0 aliphatic heterocycles. The third kappa shape index (κ3) is 6.24. The average Bonchev–Trinajstić information content (AvgIpc) is 2.11. The van der Waals surface area contributed by atoms with Crippen LogP contribution in [0.25, 0.3) is 0 Å². The topological polar surface area (TPSA) is 118 Å². The first-order valence-corrected chi connectivity index (χ1v) is 4.78. The predicted octanol–water partition coefficient (Wildman–Crippen LogP) is -0.0494. The fourth-order valence-electron chi connectivity index (χ4n) is 1.00. The van der Waals surface area contributed by atoms with E-state index in [1.165, 1.54) is 17.9 Å². The maximum absolute atomic E-state index is 7.36. The van der Waals surface area contributed by atoms with Gasteiger partial charge in [-0.1, -0.05) is 26.2 Å². The lowest BCUT2D eigenvalue weighted by molar-refractivity contribution is 0.412. The summed E-state index contributed by atoms with van der Waals surface area (Å²) in [5.41, 5.74) is 10.2. The van der Waals surface area contributed by atoms with Gasteiger partial charge in [0.1, 0.15) is 0 Å². The second-order valence-corrected chi connectivity index (χ2v) is 3.11. The Kier molecular flexibility index (Phi) is 6.47. The predicted molar refractivity (Wildman–Crippen MR) is 58.6 cm³/mol. The van der Waals surface area contributed by atoms with E-state index in [1.54, 1.807) is 0 Å². The number of rotatable bonds is 5. The zero-order chi connectivity index (χ0) is 11.0. The van der Waals surface area contributed by atoms with Gasteiger partial charge in [-0.25, -0.2) is 5.84 Å². The molecule has 0 radical (unpaired) electrons. The highest BCUT2D eigenvalue weighted by Gasteiger charge is 2.02. The number of nitrogens with one attached hydrogen (secondary N) is 1. The molecule has 0 heterocycles. The number of hydrogen-bond donors (Lipinski definition) is 4. The second-order valence-electron chi connectivity index (χ2n) is 3.11. The Morgan fingerprint density at radius 1 is 1.29 bits per heavy atom. The van der Waals surface area contributed by atoms with Crippen molar-refractivity contribution in [1.82, 2.24) is 5.01 Å². The highest BCUT2D eigenvalue weighted by atomic mass is 15.5. The van der Waals surface area contributed by atoms with Crippen LogP contribution in [0.1, 0.15) is 32.6 Å². The Morgan fingerprint density at radius 2 is 1.93 bits per heavy atom. The molecule has 14 heavy (non-hydrogen) atoms. The molecule has 0 saturated carbocycles. The smallest absolute Gasteiger partial charge is 0.235 e. The standard InChI is InChI=1S/C8H20N6/c1-2-3-4-5-6-14(12)8(11)13-7(9)10/h2-6,12H2,1H3,(H5,9,10,11,13). The Bertz CT molecular complexity index is 196. The van der Waals surface area contributed by atoms with E-state index < -0.39 is 0 Å². The molecule has 82 valence electrons. The minimum absolute atomic E-state index is 0.0958. The molecule has 0 rings (SSSR count). The summed E-state index contributed by atoms with van der Waals surface area (Å²) >= 11 is 0. The minimum Gasteiger partial charge on any atom is -0.370 e. The van der Waals surface area contributed by atoms with Crippen molar-refractivity contribution >= 4 is 11.9 Å². The Balaban J connectivity index is 3.68. The summed E-state index contributed by atoms with van der Waals surface area (Å²) in [7, 11) is 0. The van der Waals surface area contributed by atoms with Crippen LogP contribution in [0, 0.1) is 5.41 Å². The van der Waals surface area contributed by atoms with Gasteiger partial charge in [0.25, 0.3) is 0 Å². The van der Waals surface area contributed by atoms with E-state index in [1.807, 2.05) is 0 Å². The number of hydrogen-bond acceptors (Lipinski definition) is 2. The van der Waals surface area contributed by atoms with Crippen LogP contribution < -0.4 is 17.3 Å². The van der Waals surface area contributed by atoms with Crippen LogP contribution in [-0.4, -0.2) is 23.5 Å². The Morgan fingerprint density at radius 3 is 2.43 bits per heavy atom. The van der Waals surface area contributed by atoms with Gasteiger partial charge >= 0.3 is 0 Å². The van der Waals surface area contributed by atoms with E-state index in [0.717, 1.165) is 12.8 Å². The second kappa shape index (κ2) is 7.14. The molecule has 0 bridgehead atoms. The van der Waals surface area contributed by atoms with Gasteiger partial charge in [-0.05, 0) is 6.42 Å². The van der Waals surface area contributed by atoms with Crippen LogP contribution in [0.3, 0.4) is 0 Å². The van der Waals surface area contributed by atoms with Gasteiger partial charge in [-0.3, -0.25) is 10.4 Å². The maximum Gasteiger partial charge on any atom is 0.235 e. The lowest BCUT2D eigenvalue weighted by Crippen LogP contribution is -2.38. The highest BCUT2D eigenvalue weighted by Crippen LogP contribution is 1.99. The molecule has 0 amide bonds. The molecule has 6 heteroatoms. The monoisotopic (exact) mass is 200 g/mol. The number of unbranched alkanes of at least 4 members (excludes halogenated alkanes) is 3. The fraction of sp³-hybridized carbons (Fsp3) is 0.750. The molecule has 0 aromatic heterocycles. The van der Waals surface area contributed by atoms with Crippen molar-refractivity contribution < 1.29 is 0 Å². The van der Waals surface area contributed by atoms with Crippen molar-refractivity contribution in [3.63, 3.8) is 0 Å². The average molecular weight is 200 g/mol. The lowest BCUT2D eigenvalue weighted by atomic mass is 10.2. The molecule has 0 aliphatic rings. The molecule has 0 aromatic carbocycles. The molecular formula is C8H20N6. The van der Waals surface area contributed by atoms with E-state index in [-0.39, 0.29) is 11.9 Å². The van der Waals surface area contributed by atoms with E-state index >= 15 is 0 Å². The van der Waals surface area contributed by atoms with Gasteiger partial charge < -0.3 is 11.5 Å².